The molecule has 1 heterocycles. The molecule has 1 N–H and O–H groups in total. The van der Waals surface area contributed by atoms with E-state index in [1.165, 1.54) is 12.8 Å². The summed E-state index contributed by atoms with van der Waals surface area (Å²) in [5.74, 6) is 0.241. The molecule has 0 radical (unpaired) electrons. The van der Waals surface area contributed by atoms with Crippen molar-refractivity contribution in [3.8, 4) is 0 Å². The van der Waals surface area contributed by atoms with Crippen molar-refractivity contribution in [2.24, 2.45) is 0 Å². The van der Waals surface area contributed by atoms with E-state index in [4.69, 9.17) is 4.74 Å². The van der Waals surface area contributed by atoms with Crippen LogP contribution in [0.1, 0.15) is 52.4 Å². The minimum absolute atomic E-state index is 0.0875. The number of nitrogens with one attached hydrogen (secondary N) is 1. The smallest absolute Gasteiger partial charge is 0.214 e. The maximum atomic E-state index is 12.7. The minimum atomic E-state index is -3.20. The van der Waals surface area contributed by atoms with Crippen molar-refractivity contribution in [3.63, 3.8) is 0 Å². The zero-order valence-electron chi connectivity index (χ0n) is 13.8. The Morgan fingerprint density at radius 2 is 2.00 bits per heavy atom. The largest absolute Gasteiger partial charge is 0.383 e. The molecule has 21 heavy (non-hydrogen) atoms. The second-order valence-corrected chi connectivity index (χ2v) is 7.87. The first-order chi connectivity index (χ1) is 10.0. The van der Waals surface area contributed by atoms with E-state index in [1.54, 1.807) is 11.4 Å². The molecule has 126 valence electrons. The Morgan fingerprint density at radius 3 is 2.52 bits per heavy atom. The van der Waals surface area contributed by atoms with Gasteiger partial charge in [0.15, 0.2) is 0 Å². The summed E-state index contributed by atoms with van der Waals surface area (Å²) in [6.45, 7) is 6.03. The van der Waals surface area contributed by atoms with E-state index in [-0.39, 0.29) is 11.8 Å². The molecular weight excluding hydrogens is 288 g/mol. The number of nitrogens with zero attached hydrogens (tertiary/aromatic N) is 1. The van der Waals surface area contributed by atoms with E-state index in [0.29, 0.717) is 25.6 Å². The lowest BCUT2D eigenvalue weighted by Gasteiger charge is -2.30. The van der Waals surface area contributed by atoms with E-state index in [1.807, 2.05) is 13.8 Å². The van der Waals surface area contributed by atoms with Gasteiger partial charge in [-0.05, 0) is 38.6 Å². The number of rotatable bonds is 10. The lowest BCUT2D eigenvalue weighted by Crippen LogP contribution is -2.44. The second-order valence-electron chi connectivity index (χ2n) is 5.83. The van der Waals surface area contributed by atoms with Gasteiger partial charge in [-0.15, -0.1) is 0 Å². The molecule has 1 saturated heterocycles. The molecule has 0 aliphatic carbocycles. The molecule has 0 aromatic carbocycles. The third-order valence-corrected chi connectivity index (χ3v) is 6.31. The SMILES string of the molecule is CCC(CC)N(CCOC)S(=O)(=O)CCC1CCCCN1. The first-order valence-corrected chi connectivity index (χ1v) is 9.87. The van der Waals surface area contributed by atoms with Gasteiger partial charge in [-0.25, -0.2) is 8.42 Å². The van der Waals surface area contributed by atoms with Gasteiger partial charge in [0.2, 0.25) is 10.0 Å². The number of ether oxygens (including phenoxy) is 1. The Hall–Kier alpha value is -0.170. The molecular formula is C15H32N2O3S. The molecule has 5 nitrogen and oxygen atoms in total. The number of methoxy groups -OCH3 is 1. The molecule has 0 spiro atoms. The van der Waals surface area contributed by atoms with E-state index in [9.17, 15) is 8.42 Å². The predicted molar refractivity (Wildman–Crippen MR) is 87.0 cm³/mol. The van der Waals surface area contributed by atoms with Crippen LogP contribution in [0.4, 0.5) is 0 Å². The van der Waals surface area contributed by atoms with Crippen LogP contribution in [0.2, 0.25) is 0 Å². The monoisotopic (exact) mass is 320 g/mol. The summed E-state index contributed by atoms with van der Waals surface area (Å²) < 4.78 is 32.1. The third kappa shape index (κ3) is 6.22. The van der Waals surface area contributed by atoms with Crippen LogP contribution < -0.4 is 5.32 Å². The zero-order valence-corrected chi connectivity index (χ0v) is 14.6. The standard InChI is InChI=1S/C15H32N2O3S/c1-4-15(5-2)17(11-12-20-3)21(18,19)13-9-14-8-6-7-10-16-14/h14-16H,4-13H2,1-3H3. The molecule has 1 fully saturated rings. The highest BCUT2D eigenvalue weighted by molar-refractivity contribution is 7.89. The normalized spacial score (nSPS) is 20.3. The van der Waals surface area contributed by atoms with Gasteiger partial charge in [-0.2, -0.15) is 4.31 Å². The van der Waals surface area contributed by atoms with Crippen molar-refractivity contribution in [1.82, 2.24) is 9.62 Å². The third-order valence-electron chi connectivity index (χ3n) is 4.36. The molecule has 1 aliphatic rings. The minimum Gasteiger partial charge on any atom is -0.383 e. The number of hydrogen-bond donors (Lipinski definition) is 1. The zero-order chi connectivity index (χ0) is 15.7. The molecule has 1 unspecified atom stereocenters. The van der Waals surface area contributed by atoms with Crippen molar-refractivity contribution in [2.75, 3.05) is 32.6 Å². The van der Waals surface area contributed by atoms with E-state index < -0.39 is 10.0 Å². The van der Waals surface area contributed by atoms with E-state index in [0.717, 1.165) is 25.8 Å². The van der Waals surface area contributed by atoms with Crippen LogP contribution in [0.25, 0.3) is 0 Å². The molecule has 1 atom stereocenters. The lowest BCUT2D eigenvalue weighted by molar-refractivity contribution is 0.163. The Morgan fingerprint density at radius 1 is 1.29 bits per heavy atom. The van der Waals surface area contributed by atoms with Gasteiger partial charge in [0.25, 0.3) is 0 Å². The van der Waals surface area contributed by atoms with Gasteiger partial charge in [0.05, 0.1) is 12.4 Å². The van der Waals surface area contributed by atoms with Crippen LogP contribution in [0.5, 0.6) is 0 Å². The highest BCUT2D eigenvalue weighted by atomic mass is 32.2. The van der Waals surface area contributed by atoms with Gasteiger partial charge in [0, 0.05) is 25.7 Å². The molecule has 1 rings (SSSR count). The predicted octanol–water partition coefficient (Wildman–Crippen LogP) is 1.99. The highest BCUT2D eigenvalue weighted by Gasteiger charge is 2.28. The fraction of sp³-hybridized carbons (Fsp3) is 1.00. The summed E-state index contributed by atoms with van der Waals surface area (Å²) in [5.41, 5.74) is 0. The summed E-state index contributed by atoms with van der Waals surface area (Å²) in [7, 11) is -1.59. The fourth-order valence-corrected chi connectivity index (χ4v) is 4.93. The van der Waals surface area contributed by atoms with Crippen molar-refractivity contribution in [1.29, 1.82) is 0 Å². The maximum Gasteiger partial charge on any atom is 0.214 e. The van der Waals surface area contributed by atoms with Crippen LogP contribution in [0.3, 0.4) is 0 Å². The Balaban J connectivity index is 2.63. The van der Waals surface area contributed by atoms with E-state index in [2.05, 4.69) is 5.32 Å². The van der Waals surface area contributed by atoms with Gasteiger partial charge < -0.3 is 10.1 Å². The van der Waals surface area contributed by atoms with Crippen LogP contribution in [0.15, 0.2) is 0 Å². The van der Waals surface area contributed by atoms with Crippen molar-refractivity contribution < 1.29 is 13.2 Å². The van der Waals surface area contributed by atoms with Gasteiger partial charge in [0.1, 0.15) is 0 Å². The Bertz CT molecular complexity index is 363. The molecule has 0 amide bonds. The molecule has 0 aromatic rings. The topological polar surface area (TPSA) is 58.6 Å². The van der Waals surface area contributed by atoms with Crippen LogP contribution in [-0.2, 0) is 14.8 Å². The first-order valence-electron chi connectivity index (χ1n) is 8.27. The fourth-order valence-electron chi connectivity index (χ4n) is 3.00. The molecule has 1 aliphatic heterocycles. The van der Waals surface area contributed by atoms with Gasteiger partial charge >= 0.3 is 0 Å². The van der Waals surface area contributed by atoms with Crippen LogP contribution in [-0.4, -0.2) is 57.4 Å². The van der Waals surface area contributed by atoms with Crippen molar-refractivity contribution >= 4 is 10.0 Å². The summed E-state index contributed by atoms with van der Waals surface area (Å²) in [5, 5.41) is 3.42. The average molecular weight is 320 g/mol. The van der Waals surface area contributed by atoms with Gasteiger partial charge in [-0.3, -0.25) is 0 Å². The van der Waals surface area contributed by atoms with E-state index >= 15 is 0 Å². The Labute approximate surface area is 130 Å². The second kappa shape index (κ2) is 9.77. The summed E-state index contributed by atoms with van der Waals surface area (Å²) in [4.78, 5) is 0. The summed E-state index contributed by atoms with van der Waals surface area (Å²) >= 11 is 0. The molecule has 0 saturated carbocycles. The van der Waals surface area contributed by atoms with Crippen molar-refractivity contribution in [2.45, 2.75) is 64.5 Å². The van der Waals surface area contributed by atoms with Crippen LogP contribution >= 0.6 is 0 Å². The Kier molecular flexibility index (Phi) is 8.78. The molecule has 0 aromatic heterocycles. The molecule has 6 heteroatoms. The summed E-state index contributed by atoms with van der Waals surface area (Å²) in [6.07, 6.45) is 5.92. The number of hydrogen-bond acceptors (Lipinski definition) is 4. The van der Waals surface area contributed by atoms with Gasteiger partial charge in [-0.1, -0.05) is 20.3 Å². The summed E-state index contributed by atoms with van der Waals surface area (Å²) in [6, 6.07) is 0.448. The average Bonchev–Trinajstić information content (AvgIpc) is 2.50. The van der Waals surface area contributed by atoms with Crippen LogP contribution in [0, 0.1) is 0 Å². The maximum absolute atomic E-state index is 12.7. The highest BCUT2D eigenvalue weighted by Crippen LogP contribution is 2.17. The number of piperidine rings is 1. The first kappa shape index (κ1) is 18.9. The van der Waals surface area contributed by atoms with Crippen molar-refractivity contribution in [3.05, 3.63) is 0 Å². The quantitative estimate of drug-likeness (QED) is 0.669. The molecule has 0 bridgehead atoms. The lowest BCUT2D eigenvalue weighted by atomic mass is 10.0. The number of sulfonamides is 1.